The Labute approximate surface area is 122 Å². The van der Waals surface area contributed by atoms with Crippen LogP contribution in [0.1, 0.15) is 5.56 Å². The fourth-order valence-electron chi connectivity index (χ4n) is 2.01. The number of halogens is 1. The van der Waals surface area contributed by atoms with Gasteiger partial charge < -0.3 is 15.4 Å². The maximum Gasteiger partial charge on any atom is 0.142 e. The second-order valence-corrected chi connectivity index (χ2v) is 5.33. The second-order valence-electron chi connectivity index (χ2n) is 4.42. The Morgan fingerprint density at radius 3 is 2.68 bits per heavy atom. The first-order valence-electron chi connectivity index (χ1n) is 5.99. The minimum atomic E-state index is 0.776. The summed E-state index contributed by atoms with van der Waals surface area (Å²) in [5, 5.41) is 0. The molecule has 0 saturated heterocycles. The van der Waals surface area contributed by atoms with Gasteiger partial charge in [-0.15, -0.1) is 0 Å². The van der Waals surface area contributed by atoms with Crippen molar-refractivity contribution >= 4 is 27.3 Å². The van der Waals surface area contributed by atoms with E-state index >= 15 is 0 Å². The molecular formula is C15H17BrN2O. The average Bonchev–Trinajstić information content (AvgIpc) is 2.38. The van der Waals surface area contributed by atoms with E-state index in [9.17, 15) is 0 Å². The minimum Gasteiger partial charge on any atom is -0.495 e. The van der Waals surface area contributed by atoms with Gasteiger partial charge >= 0.3 is 0 Å². The fourth-order valence-corrected chi connectivity index (χ4v) is 2.36. The molecule has 0 aliphatic heterocycles. The molecule has 0 spiro atoms. The number of nitrogens with zero attached hydrogens (tertiary/aromatic N) is 1. The molecule has 2 N–H and O–H groups in total. The molecule has 4 heteroatoms. The van der Waals surface area contributed by atoms with Gasteiger partial charge in [-0.05, 0) is 35.9 Å². The number of methoxy groups -OCH3 is 1. The van der Waals surface area contributed by atoms with E-state index in [0.717, 1.165) is 28.1 Å². The first-order chi connectivity index (χ1) is 9.10. The number of hydrogen-bond donors (Lipinski definition) is 1. The van der Waals surface area contributed by atoms with Crippen LogP contribution in [0.25, 0.3) is 0 Å². The molecule has 3 nitrogen and oxygen atoms in total. The molecule has 0 aliphatic rings. The summed E-state index contributed by atoms with van der Waals surface area (Å²) in [6.07, 6.45) is 0. The molecule has 0 unspecified atom stereocenters. The number of nitrogens with two attached hydrogens (primary N) is 1. The van der Waals surface area contributed by atoms with Crippen molar-refractivity contribution in [3.05, 3.63) is 52.5 Å². The predicted molar refractivity (Wildman–Crippen MR) is 83.7 cm³/mol. The van der Waals surface area contributed by atoms with Crippen molar-refractivity contribution in [1.82, 2.24) is 0 Å². The lowest BCUT2D eigenvalue weighted by Gasteiger charge is -2.22. The smallest absolute Gasteiger partial charge is 0.142 e. The summed E-state index contributed by atoms with van der Waals surface area (Å²) in [5.74, 6) is 0.856. The van der Waals surface area contributed by atoms with E-state index in [-0.39, 0.29) is 0 Å². The molecule has 100 valence electrons. The van der Waals surface area contributed by atoms with Gasteiger partial charge in [-0.1, -0.05) is 28.1 Å². The van der Waals surface area contributed by atoms with Crippen LogP contribution in [-0.2, 0) is 6.54 Å². The van der Waals surface area contributed by atoms with Crippen molar-refractivity contribution in [2.24, 2.45) is 0 Å². The van der Waals surface area contributed by atoms with Gasteiger partial charge in [0.15, 0.2) is 0 Å². The second kappa shape index (κ2) is 5.97. The van der Waals surface area contributed by atoms with E-state index < -0.39 is 0 Å². The maximum absolute atomic E-state index is 5.80. The topological polar surface area (TPSA) is 38.5 Å². The number of ether oxygens (including phenoxy) is 1. The first-order valence-corrected chi connectivity index (χ1v) is 6.78. The third-order valence-electron chi connectivity index (χ3n) is 2.92. The van der Waals surface area contributed by atoms with E-state index in [1.807, 2.05) is 43.4 Å². The van der Waals surface area contributed by atoms with Crippen molar-refractivity contribution in [2.45, 2.75) is 6.54 Å². The van der Waals surface area contributed by atoms with E-state index in [0.29, 0.717) is 0 Å². The van der Waals surface area contributed by atoms with Crippen molar-refractivity contribution in [3.8, 4) is 5.75 Å². The van der Waals surface area contributed by atoms with E-state index in [4.69, 9.17) is 10.5 Å². The highest BCUT2D eigenvalue weighted by Gasteiger charge is 2.09. The lowest BCUT2D eigenvalue weighted by Crippen LogP contribution is -2.17. The van der Waals surface area contributed by atoms with Crippen LogP contribution in [0.15, 0.2) is 46.9 Å². The summed E-state index contributed by atoms with van der Waals surface area (Å²) in [6.45, 7) is 0.776. The lowest BCUT2D eigenvalue weighted by atomic mass is 10.2. The van der Waals surface area contributed by atoms with Crippen molar-refractivity contribution < 1.29 is 4.74 Å². The Kier molecular flexibility index (Phi) is 4.32. The Balaban J connectivity index is 2.24. The zero-order valence-corrected chi connectivity index (χ0v) is 12.6. The maximum atomic E-state index is 5.80. The van der Waals surface area contributed by atoms with Crippen LogP contribution in [0, 0.1) is 0 Å². The lowest BCUT2D eigenvalue weighted by molar-refractivity contribution is 0.414. The summed E-state index contributed by atoms with van der Waals surface area (Å²) in [4.78, 5) is 2.14. The van der Waals surface area contributed by atoms with Gasteiger partial charge in [-0.2, -0.15) is 0 Å². The van der Waals surface area contributed by atoms with Crippen LogP contribution in [0.4, 0.5) is 11.4 Å². The Hall–Kier alpha value is -1.68. The summed E-state index contributed by atoms with van der Waals surface area (Å²) in [5.41, 5.74) is 8.80. The molecule has 19 heavy (non-hydrogen) atoms. The van der Waals surface area contributed by atoms with Gasteiger partial charge in [0.05, 0.1) is 12.8 Å². The van der Waals surface area contributed by atoms with E-state index in [1.54, 1.807) is 7.11 Å². The molecule has 0 heterocycles. The van der Waals surface area contributed by atoms with Gasteiger partial charge in [0.2, 0.25) is 0 Å². The third-order valence-corrected chi connectivity index (χ3v) is 3.42. The molecule has 2 aromatic rings. The van der Waals surface area contributed by atoms with Gasteiger partial charge in [0, 0.05) is 23.8 Å². The van der Waals surface area contributed by atoms with Crippen molar-refractivity contribution in [3.63, 3.8) is 0 Å². The number of anilines is 2. The number of nitrogen functional groups attached to an aromatic ring is 1. The predicted octanol–water partition coefficient (Wildman–Crippen LogP) is 3.68. The van der Waals surface area contributed by atoms with Crippen LogP contribution in [0.2, 0.25) is 0 Å². The van der Waals surface area contributed by atoms with Crippen LogP contribution >= 0.6 is 15.9 Å². The average molecular weight is 321 g/mol. The number of benzene rings is 2. The molecule has 0 bridgehead atoms. The van der Waals surface area contributed by atoms with Crippen LogP contribution in [0.5, 0.6) is 5.75 Å². The molecule has 0 radical (unpaired) electrons. The van der Waals surface area contributed by atoms with E-state index in [2.05, 4.69) is 26.9 Å². The molecule has 0 amide bonds. The first kappa shape index (κ1) is 13.7. The molecule has 2 aromatic carbocycles. The zero-order valence-electron chi connectivity index (χ0n) is 11.1. The van der Waals surface area contributed by atoms with Crippen LogP contribution < -0.4 is 15.4 Å². The highest BCUT2D eigenvalue weighted by atomic mass is 79.9. The summed E-state index contributed by atoms with van der Waals surface area (Å²) in [6, 6.07) is 13.9. The van der Waals surface area contributed by atoms with Gasteiger partial charge in [0.25, 0.3) is 0 Å². The van der Waals surface area contributed by atoms with Crippen LogP contribution in [0.3, 0.4) is 0 Å². The Bertz CT molecular complexity index is 572. The van der Waals surface area contributed by atoms with Crippen LogP contribution in [-0.4, -0.2) is 14.2 Å². The summed E-state index contributed by atoms with van der Waals surface area (Å²) < 4.78 is 6.43. The monoisotopic (exact) mass is 320 g/mol. The van der Waals surface area contributed by atoms with Crippen molar-refractivity contribution in [1.29, 1.82) is 0 Å². The minimum absolute atomic E-state index is 0.776. The Morgan fingerprint density at radius 1 is 1.21 bits per heavy atom. The Morgan fingerprint density at radius 2 is 2.00 bits per heavy atom. The van der Waals surface area contributed by atoms with Crippen molar-refractivity contribution in [2.75, 3.05) is 24.8 Å². The van der Waals surface area contributed by atoms with Gasteiger partial charge in [-0.3, -0.25) is 0 Å². The summed E-state index contributed by atoms with van der Waals surface area (Å²) in [7, 11) is 3.72. The van der Waals surface area contributed by atoms with Gasteiger partial charge in [-0.25, -0.2) is 0 Å². The number of rotatable bonds is 4. The summed E-state index contributed by atoms with van der Waals surface area (Å²) >= 11 is 3.49. The standard InChI is InChI=1S/C15H17BrN2O/c1-18(10-11-4-3-5-13(17)8-11)14-9-12(16)6-7-15(14)19-2/h3-9H,10,17H2,1-2H3. The van der Waals surface area contributed by atoms with Gasteiger partial charge in [0.1, 0.15) is 5.75 Å². The molecule has 0 saturated carbocycles. The molecular weight excluding hydrogens is 304 g/mol. The fraction of sp³-hybridized carbons (Fsp3) is 0.200. The highest BCUT2D eigenvalue weighted by molar-refractivity contribution is 9.10. The number of hydrogen-bond acceptors (Lipinski definition) is 3. The normalized spacial score (nSPS) is 10.3. The molecule has 0 aromatic heterocycles. The largest absolute Gasteiger partial charge is 0.495 e. The van der Waals surface area contributed by atoms with E-state index in [1.165, 1.54) is 5.56 Å². The zero-order chi connectivity index (χ0) is 13.8. The quantitative estimate of drug-likeness (QED) is 0.873. The molecule has 0 aliphatic carbocycles. The SMILES string of the molecule is COc1ccc(Br)cc1N(C)Cc1cccc(N)c1. The highest BCUT2D eigenvalue weighted by Crippen LogP contribution is 2.31. The molecule has 2 rings (SSSR count). The molecule has 0 atom stereocenters. The third kappa shape index (κ3) is 3.41. The molecule has 0 fully saturated rings.